The number of carbonyl (C=O) groups excluding carboxylic acids is 1. The van der Waals surface area contributed by atoms with Crippen molar-refractivity contribution in [3.63, 3.8) is 0 Å². The number of nitrogens with one attached hydrogen (secondary N) is 2. The lowest BCUT2D eigenvalue weighted by Crippen LogP contribution is -2.34. The Bertz CT molecular complexity index is 603. The predicted octanol–water partition coefficient (Wildman–Crippen LogP) is 2.68. The van der Waals surface area contributed by atoms with E-state index in [9.17, 15) is 13.2 Å². The second kappa shape index (κ2) is 8.80. The zero-order valence-electron chi connectivity index (χ0n) is 13.6. The first-order valence-electron chi connectivity index (χ1n) is 8.28. The second-order valence-electron chi connectivity index (χ2n) is 6.20. The first-order chi connectivity index (χ1) is 10.9. The Morgan fingerprint density at radius 3 is 2.48 bits per heavy atom. The monoisotopic (exact) mass is 358 g/mol. The molecule has 0 bridgehead atoms. The van der Waals surface area contributed by atoms with Crippen molar-refractivity contribution in [2.45, 2.75) is 57.4 Å². The average Bonchev–Trinajstić information content (AvgIpc) is 2.89. The normalized spacial score (nSPS) is 17.4. The van der Waals surface area contributed by atoms with Gasteiger partial charge < -0.3 is 5.32 Å². The summed E-state index contributed by atoms with van der Waals surface area (Å²) in [6.07, 6.45) is 10.1. The quantitative estimate of drug-likeness (QED) is 0.821. The van der Waals surface area contributed by atoms with Crippen LogP contribution >= 0.6 is 11.3 Å². The summed E-state index contributed by atoms with van der Waals surface area (Å²) >= 11 is 1.44. The molecule has 0 aromatic carbocycles. The number of carbonyl (C=O) groups is 1. The molecule has 0 spiro atoms. The fourth-order valence-corrected chi connectivity index (χ4v) is 4.23. The summed E-state index contributed by atoms with van der Waals surface area (Å²) in [5, 5.41) is 3.16. The van der Waals surface area contributed by atoms with Crippen LogP contribution < -0.4 is 10.0 Å². The van der Waals surface area contributed by atoms with E-state index in [0.29, 0.717) is 23.9 Å². The van der Waals surface area contributed by atoms with Crippen molar-refractivity contribution in [3.8, 4) is 0 Å². The molecule has 0 aliphatic heterocycles. The molecule has 7 heteroatoms. The number of amides is 1. The summed E-state index contributed by atoms with van der Waals surface area (Å²) in [6, 6.07) is 4.03. The van der Waals surface area contributed by atoms with Crippen LogP contribution in [0.25, 0.3) is 0 Å². The number of sulfonamides is 1. The van der Waals surface area contributed by atoms with Crippen LogP contribution in [-0.4, -0.2) is 33.2 Å². The van der Waals surface area contributed by atoms with Crippen LogP contribution in [0, 0.1) is 0 Å². The van der Waals surface area contributed by atoms with Gasteiger partial charge in [0.15, 0.2) is 0 Å². The third-order valence-electron chi connectivity index (χ3n) is 4.06. The largest absolute Gasteiger partial charge is 0.349 e. The Balaban J connectivity index is 1.82. The standard InChI is InChI=1S/C16H26N2O3S2/c1-23(20,21)17-12-11-14-9-10-15(22-14)16(19)18-13-7-5-3-2-4-6-8-13/h9-10,13,17H,2-8,11-12H2,1H3,(H,18,19). The number of hydrogen-bond acceptors (Lipinski definition) is 4. The Morgan fingerprint density at radius 1 is 1.17 bits per heavy atom. The molecular weight excluding hydrogens is 332 g/mol. The van der Waals surface area contributed by atoms with Crippen LogP contribution in [0.15, 0.2) is 12.1 Å². The molecule has 1 aromatic rings. The maximum Gasteiger partial charge on any atom is 0.261 e. The van der Waals surface area contributed by atoms with Crippen LogP contribution in [0.2, 0.25) is 0 Å². The molecule has 5 nitrogen and oxygen atoms in total. The van der Waals surface area contributed by atoms with E-state index in [1.165, 1.54) is 43.4 Å². The van der Waals surface area contributed by atoms with Gasteiger partial charge in [-0.1, -0.05) is 32.1 Å². The fraction of sp³-hybridized carbons (Fsp3) is 0.688. The highest BCUT2D eigenvalue weighted by molar-refractivity contribution is 7.88. The molecule has 1 fully saturated rings. The van der Waals surface area contributed by atoms with Gasteiger partial charge in [-0.25, -0.2) is 13.1 Å². The number of thiophene rings is 1. The molecule has 23 heavy (non-hydrogen) atoms. The molecular formula is C16H26N2O3S2. The maximum absolute atomic E-state index is 12.3. The minimum absolute atomic E-state index is 0.00268. The molecule has 0 radical (unpaired) electrons. The number of hydrogen-bond donors (Lipinski definition) is 2. The molecule has 1 aliphatic carbocycles. The minimum Gasteiger partial charge on any atom is -0.349 e. The Hall–Kier alpha value is -0.920. The Kier molecular flexibility index (Phi) is 7.05. The minimum atomic E-state index is -3.15. The molecule has 1 amide bonds. The van der Waals surface area contributed by atoms with Gasteiger partial charge in [-0.05, 0) is 31.4 Å². The molecule has 2 rings (SSSR count). The van der Waals surface area contributed by atoms with Crippen LogP contribution in [0.4, 0.5) is 0 Å². The van der Waals surface area contributed by atoms with Gasteiger partial charge in [0, 0.05) is 17.5 Å². The van der Waals surface area contributed by atoms with Crippen LogP contribution in [-0.2, 0) is 16.4 Å². The second-order valence-corrected chi connectivity index (χ2v) is 9.20. The highest BCUT2D eigenvalue weighted by atomic mass is 32.2. The van der Waals surface area contributed by atoms with Crippen LogP contribution in [0.3, 0.4) is 0 Å². The lowest BCUT2D eigenvalue weighted by molar-refractivity contribution is 0.0934. The zero-order chi connectivity index (χ0) is 16.7. The molecule has 1 aromatic heterocycles. The van der Waals surface area contributed by atoms with Gasteiger partial charge in [0.2, 0.25) is 10.0 Å². The van der Waals surface area contributed by atoms with E-state index in [0.717, 1.165) is 24.0 Å². The number of rotatable bonds is 6. The molecule has 130 valence electrons. The van der Waals surface area contributed by atoms with Gasteiger partial charge in [0.05, 0.1) is 11.1 Å². The van der Waals surface area contributed by atoms with Crippen molar-refractivity contribution in [2.75, 3.05) is 12.8 Å². The van der Waals surface area contributed by atoms with E-state index in [1.54, 1.807) is 0 Å². The van der Waals surface area contributed by atoms with Crippen molar-refractivity contribution >= 4 is 27.3 Å². The van der Waals surface area contributed by atoms with Gasteiger partial charge in [-0.2, -0.15) is 0 Å². The highest BCUT2D eigenvalue weighted by Gasteiger charge is 2.16. The van der Waals surface area contributed by atoms with Gasteiger partial charge in [-0.15, -0.1) is 11.3 Å². The third kappa shape index (κ3) is 7.01. The van der Waals surface area contributed by atoms with Crippen molar-refractivity contribution in [1.29, 1.82) is 0 Å². The van der Waals surface area contributed by atoms with Gasteiger partial charge in [0.1, 0.15) is 0 Å². The topological polar surface area (TPSA) is 75.3 Å². The summed E-state index contributed by atoms with van der Waals surface area (Å²) in [5.74, 6) is 0.00268. The van der Waals surface area contributed by atoms with Crippen molar-refractivity contribution in [1.82, 2.24) is 10.0 Å². The van der Waals surface area contributed by atoms with Crippen molar-refractivity contribution in [2.24, 2.45) is 0 Å². The van der Waals surface area contributed by atoms with E-state index in [-0.39, 0.29) is 5.91 Å². The smallest absolute Gasteiger partial charge is 0.261 e. The predicted molar refractivity (Wildman–Crippen MR) is 94.4 cm³/mol. The molecule has 0 atom stereocenters. The van der Waals surface area contributed by atoms with Crippen molar-refractivity contribution < 1.29 is 13.2 Å². The average molecular weight is 359 g/mol. The summed E-state index contributed by atoms with van der Waals surface area (Å²) < 4.78 is 24.5. The molecule has 0 unspecified atom stereocenters. The SMILES string of the molecule is CS(=O)(=O)NCCc1ccc(C(=O)NC2CCCCCCC2)s1. The van der Waals surface area contributed by atoms with Gasteiger partial charge >= 0.3 is 0 Å². The molecule has 1 saturated carbocycles. The lowest BCUT2D eigenvalue weighted by atomic mass is 9.97. The molecule has 1 heterocycles. The summed E-state index contributed by atoms with van der Waals surface area (Å²) in [7, 11) is -3.15. The molecule has 2 N–H and O–H groups in total. The van der Waals surface area contributed by atoms with E-state index in [1.807, 2.05) is 12.1 Å². The zero-order valence-corrected chi connectivity index (χ0v) is 15.3. The van der Waals surface area contributed by atoms with Crippen molar-refractivity contribution in [3.05, 3.63) is 21.9 Å². The molecule has 1 aliphatic rings. The van der Waals surface area contributed by atoms with Gasteiger partial charge in [-0.3, -0.25) is 4.79 Å². The fourth-order valence-electron chi connectivity index (χ4n) is 2.85. The van der Waals surface area contributed by atoms with Gasteiger partial charge in [0.25, 0.3) is 5.91 Å². The molecule has 0 saturated heterocycles. The summed E-state index contributed by atoms with van der Waals surface area (Å²) in [4.78, 5) is 14.1. The lowest BCUT2D eigenvalue weighted by Gasteiger charge is -2.20. The van der Waals surface area contributed by atoms with Crippen LogP contribution in [0.5, 0.6) is 0 Å². The van der Waals surface area contributed by atoms with Crippen LogP contribution in [0.1, 0.15) is 59.5 Å². The van der Waals surface area contributed by atoms with E-state index < -0.39 is 10.0 Å². The first kappa shape index (κ1) is 18.4. The van der Waals surface area contributed by atoms with E-state index >= 15 is 0 Å². The Labute approximate surface area is 142 Å². The highest BCUT2D eigenvalue weighted by Crippen LogP contribution is 2.20. The van der Waals surface area contributed by atoms with E-state index in [2.05, 4.69) is 10.0 Å². The van der Waals surface area contributed by atoms with E-state index in [4.69, 9.17) is 0 Å². The third-order valence-corrected chi connectivity index (χ3v) is 5.93. The summed E-state index contributed by atoms with van der Waals surface area (Å²) in [6.45, 7) is 0.364. The first-order valence-corrected chi connectivity index (χ1v) is 11.0. The Morgan fingerprint density at radius 2 is 1.83 bits per heavy atom. The summed E-state index contributed by atoms with van der Waals surface area (Å²) in [5.41, 5.74) is 0. The maximum atomic E-state index is 12.3.